The standard InChI is InChI=1S/C13H8F2N2O2S/c14-10-5-3-6-11(13(10)15)17-20(18,19)12-7-2-1-4-9(12)8-16/h1-7,17H. The largest absolute Gasteiger partial charge is 0.277 e. The maximum atomic E-state index is 13.5. The third kappa shape index (κ3) is 2.60. The lowest BCUT2D eigenvalue weighted by Crippen LogP contribution is -2.15. The van der Waals surface area contributed by atoms with Crippen LogP contribution in [0.4, 0.5) is 14.5 Å². The lowest BCUT2D eigenvalue weighted by atomic mass is 10.2. The van der Waals surface area contributed by atoms with E-state index in [1.54, 1.807) is 6.07 Å². The summed E-state index contributed by atoms with van der Waals surface area (Å²) in [5.74, 6) is -2.47. The van der Waals surface area contributed by atoms with Crippen LogP contribution in [-0.2, 0) is 10.0 Å². The minimum atomic E-state index is -4.17. The maximum Gasteiger partial charge on any atom is 0.263 e. The second-order valence-electron chi connectivity index (χ2n) is 3.81. The quantitative estimate of drug-likeness (QED) is 0.946. The molecule has 0 aliphatic rings. The van der Waals surface area contributed by atoms with Crippen molar-refractivity contribution < 1.29 is 17.2 Å². The van der Waals surface area contributed by atoms with Crippen LogP contribution in [0.15, 0.2) is 47.4 Å². The van der Waals surface area contributed by atoms with Gasteiger partial charge in [0.1, 0.15) is 11.0 Å². The topological polar surface area (TPSA) is 70.0 Å². The van der Waals surface area contributed by atoms with Gasteiger partial charge in [0.2, 0.25) is 0 Å². The third-order valence-corrected chi connectivity index (χ3v) is 3.92. The zero-order valence-electron chi connectivity index (χ0n) is 9.97. The van der Waals surface area contributed by atoms with Gasteiger partial charge in [0, 0.05) is 0 Å². The van der Waals surface area contributed by atoms with E-state index in [0.717, 1.165) is 12.1 Å². The minimum absolute atomic E-state index is 0.0863. The Balaban J connectivity index is 2.47. The molecule has 7 heteroatoms. The Morgan fingerprint density at radius 3 is 2.45 bits per heavy atom. The van der Waals surface area contributed by atoms with Crippen LogP contribution in [0.25, 0.3) is 0 Å². The lowest BCUT2D eigenvalue weighted by Gasteiger charge is -2.10. The second-order valence-corrected chi connectivity index (χ2v) is 5.47. The first kappa shape index (κ1) is 14.0. The monoisotopic (exact) mass is 294 g/mol. The fourth-order valence-corrected chi connectivity index (χ4v) is 2.79. The van der Waals surface area contributed by atoms with Gasteiger partial charge in [-0.15, -0.1) is 0 Å². The van der Waals surface area contributed by atoms with E-state index in [1.807, 2.05) is 4.72 Å². The first-order valence-electron chi connectivity index (χ1n) is 5.41. The second kappa shape index (κ2) is 5.27. The molecular formula is C13H8F2N2O2S. The molecule has 0 fully saturated rings. The summed E-state index contributed by atoms with van der Waals surface area (Å²) >= 11 is 0. The van der Waals surface area contributed by atoms with Gasteiger partial charge >= 0.3 is 0 Å². The van der Waals surface area contributed by atoms with Gasteiger partial charge in [-0.2, -0.15) is 5.26 Å². The van der Waals surface area contributed by atoms with Crippen molar-refractivity contribution in [2.24, 2.45) is 0 Å². The highest BCUT2D eigenvalue weighted by molar-refractivity contribution is 7.92. The summed E-state index contributed by atoms with van der Waals surface area (Å²) in [4.78, 5) is -0.300. The SMILES string of the molecule is N#Cc1ccccc1S(=O)(=O)Nc1cccc(F)c1F. The zero-order valence-corrected chi connectivity index (χ0v) is 10.8. The van der Waals surface area contributed by atoms with Crippen LogP contribution < -0.4 is 4.72 Å². The van der Waals surface area contributed by atoms with Gasteiger partial charge in [0.05, 0.1) is 11.3 Å². The predicted molar refractivity (Wildman–Crippen MR) is 68.3 cm³/mol. The van der Waals surface area contributed by atoms with Gasteiger partial charge in [-0.25, -0.2) is 17.2 Å². The molecule has 0 aliphatic carbocycles. The van der Waals surface area contributed by atoms with Gasteiger partial charge in [-0.05, 0) is 24.3 Å². The van der Waals surface area contributed by atoms with Crippen LogP contribution in [0.1, 0.15) is 5.56 Å². The van der Waals surface area contributed by atoms with Crippen molar-refractivity contribution in [2.45, 2.75) is 4.90 Å². The Labute approximate surface area is 114 Å². The van der Waals surface area contributed by atoms with Crippen molar-refractivity contribution in [3.05, 3.63) is 59.7 Å². The van der Waals surface area contributed by atoms with Crippen LogP contribution in [-0.4, -0.2) is 8.42 Å². The van der Waals surface area contributed by atoms with Crippen LogP contribution in [0.5, 0.6) is 0 Å². The van der Waals surface area contributed by atoms with E-state index in [9.17, 15) is 17.2 Å². The number of benzene rings is 2. The first-order chi connectivity index (χ1) is 9.45. The van der Waals surface area contributed by atoms with Crippen LogP contribution in [0.3, 0.4) is 0 Å². The number of hydrogen-bond donors (Lipinski definition) is 1. The third-order valence-electron chi connectivity index (χ3n) is 2.49. The molecule has 20 heavy (non-hydrogen) atoms. The average Bonchev–Trinajstić information content (AvgIpc) is 2.43. The molecular weight excluding hydrogens is 286 g/mol. The molecule has 0 heterocycles. The van der Waals surface area contributed by atoms with Crippen molar-refractivity contribution in [1.82, 2.24) is 0 Å². The average molecular weight is 294 g/mol. The highest BCUT2D eigenvalue weighted by atomic mass is 32.2. The van der Waals surface area contributed by atoms with E-state index < -0.39 is 27.3 Å². The van der Waals surface area contributed by atoms with Crippen LogP contribution in [0.2, 0.25) is 0 Å². The van der Waals surface area contributed by atoms with Crippen molar-refractivity contribution in [3.8, 4) is 6.07 Å². The molecule has 0 aliphatic heterocycles. The maximum absolute atomic E-state index is 13.5. The fourth-order valence-electron chi connectivity index (χ4n) is 1.58. The number of nitrogens with one attached hydrogen (secondary N) is 1. The van der Waals surface area contributed by atoms with Gasteiger partial charge < -0.3 is 0 Å². The smallest absolute Gasteiger partial charge is 0.263 e. The summed E-state index contributed by atoms with van der Waals surface area (Å²) in [5, 5.41) is 8.87. The van der Waals surface area contributed by atoms with Gasteiger partial charge in [0.25, 0.3) is 10.0 Å². The molecule has 102 valence electrons. The minimum Gasteiger partial charge on any atom is -0.277 e. The molecule has 0 amide bonds. The molecule has 2 rings (SSSR count). The fraction of sp³-hybridized carbons (Fsp3) is 0. The summed E-state index contributed by atoms with van der Waals surface area (Å²) < 4.78 is 52.6. The van der Waals surface area contributed by atoms with Crippen LogP contribution >= 0.6 is 0 Å². The van der Waals surface area contributed by atoms with Crippen molar-refractivity contribution in [2.75, 3.05) is 4.72 Å². The van der Waals surface area contributed by atoms with Gasteiger partial charge in [-0.1, -0.05) is 18.2 Å². The molecule has 0 saturated heterocycles. The molecule has 0 saturated carbocycles. The highest BCUT2D eigenvalue weighted by Gasteiger charge is 2.20. The van der Waals surface area contributed by atoms with E-state index >= 15 is 0 Å². The number of nitrogens with zero attached hydrogens (tertiary/aromatic N) is 1. The molecule has 4 nitrogen and oxygen atoms in total. The van der Waals surface area contributed by atoms with E-state index in [4.69, 9.17) is 5.26 Å². The summed E-state index contributed by atoms with van der Waals surface area (Å²) in [7, 11) is -4.17. The van der Waals surface area contributed by atoms with Gasteiger partial charge in [-0.3, -0.25) is 4.72 Å². The summed E-state index contributed by atoms with van der Waals surface area (Å²) in [6.45, 7) is 0. The van der Waals surface area contributed by atoms with E-state index in [-0.39, 0.29) is 10.5 Å². The normalized spacial score (nSPS) is 10.8. The molecule has 2 aromatic rings. The molecule has 0 radical (unpaired) electrons. The Morgan fingerprint density at radius 2 is 1.75 bits per heavy atom. The molecule has 0 spiro atoms. The summed E-state index contributed by atoms with van der Waals surface area (Å²) in [5.41, 5.74) is -0.602. The number of nitriles is 1. The number of rotatable bonds is 3. The van der Waals surface area contributed by atoms with Crippen LogP contribution in [0, 0.1) is 23.0 Å². The Bertz CT molecular complexity index is 798. The highest BCUT2D eigenvalue weighted by Crippen LogP contribution is 2.22. The number of hydrogen-bond acceptors (Lipinski definition) is 3. The number of sulfonamides is 1. The first-order valence-corrected chi connectivity index (χ1v) is 6.90. The van der Waals surface area contributed by atoms with E-state index in [2.05, 4.69) is 0 Å². The molecule has 0 unspecified atom stereocenters. The Hall–Kier alpha value is -2.46. The summed E-state index contributed by atoms with van der Waals surface area (Å²) in [6, 6.07) is 10.3. The summed E-state index contributed by atoms with van der Waals surface area (Å²) in [6.07, 6.45) is 0. The number of halogens is 2. The van der Waals surface area contributed by atoms with E-state index in [0.29, 0.717) is 0 Å². The lowest BCUT2D eigenvalue weighted by molar-refractivity contribution is 0.511. The molecule has 0 atom stereocenters. The van der Waals surface area contributed by atoms with Crippen molar-refractivity contribution >= 4 is 15.7 Å². The Kier molecular flexibility index (Phi) is 3.68. The van der Waals surface area contributed by atoms with E-state index in [1.165, 1.54) is 30.3 Å². The number of anilines is 1. The Morgan fingerprint density at radius 1 is 1.05 bits per heavy atom. The molecule has 2 aromatic carbocycles. The zero-order chi connectivity index (χ0) is 14.8. The van der Waals surface area contributed by atoms with Crippen molar-refractivity contribution in [1.29, 1.82) is 5.26 Å². The molecule has 1 N–H and O–H groups in total. The van der Waals surface area contributed by atoms with Gasteiger partial charge in [0.15, 0.2) is 11.6 Å². The molecule has 0 aromatic heterocycles. The van der Waals surface area contributed by atoms with Crippen molar-refractivity contribution in [3.63, 3.8) is 0 Å². The predicted octanol–water partition coefficient (Wildman–Crippen LogP) is 2.64. The molecule has 0 bridgehead atoms.